The number of aryl methyl sites for hydroxylation is 2. The van der Waals surface area contributed by atoms with Crippen LogP contribution < -0.4 is 0 Å². The zero-order valence-corrected chi connectivity index (χ0v) is 14.4. The van der Waals surface area contributed by atoms with Gasteiger partial charge in [-0.3, -0.25) is 14.3 Å². The highest BCUT2D eigenvalue weighted by molar-refractivity contribution is 7.17. The number of carboxylic acid groups (broad SMARTS) is 1. The molecule has 0 aromatic carbocycles. The van der Waals surface area contributed by atoms with Crippen molar-refractivity contribution in [2.24, 2.45) is 7.05 Å². The third-order valence-corrected chi connectivity index (χ3v) is 4.83. The number of carboxylic acids is 1. The molecule has 23 heavy (non-hydrogen) atoms. The third-order valence-electron chi connectivity index (χ3n) is 3.63. The molecule has 2 aromatic heterocycles. The van der Waals surface area contributed by atoms with Crippen LogP contribution in [0.25, 0.3) is 10.6 Å². The second-order valence-corrected chi connectivity index (χ2v) is 6.42. The molecule has 124 valence electrons. The molecule has 0 bridgehead atoms. The molecule has 1 unspecified atom stereocenters. The van der Waals surface area contributed by atoms with Gasteiger partial charge in [0.05, 0.1) is 11.9 Å². The Kier molecular flexibility index (Phi) is 5.15. The number of nitrogens with zero attached hydrogens (tertiary/aromatic N) is 4. The SMILES string of the molecule is CCC(C)N(CC(=O)O)C(=O)c1sc(-c2cnn(C)c2)nc1C. The summed E-state index contributed by atoms with van der Waals surface area (Å²) in [6.07, 6.45) is 4.21. The molecule has 0 aliphatic rings. The van der Waals surface area contributed by atoms with Crippen LogP contribution in [0.15, 0.2) is 12.4 Å². The molecule has 2 heterocycles. The number of rotatable bonds is 6. The quantitative estimate of drug-likeness (QED) is 0.873. The lowest BCUT2D eigenvalue weighted by atomic mass is 10.2. The summed E-state index contributed by atoms with van der Waals surface area (Å²) < 4.78 is 1.67. The minimum absolute atomic E-state index is 0.151. The van der Waals surface area contributed by atoms with Crippen LogP contribution in [0.4, 0.5) is 0 Å². The molecule has 2 rings (SSSR count). The Morgan fingerprint density at radius 3 is 2.70 bits per heavy atom. The Labute approximate surface area is 138 Å². The number of hydrogen-bond donors (Lipinski definition) is 1. The summed E-state index contributed by atoms with van der Waals surface area (Å²) >= 11 is 1.27. The van der Waals surface area contributed by atoms with Crippen molar-refractivity contribution in [3.05, 3.63) is 23.0 Å². The molecule has 0 spiro atoms. The summed E-state index contributed by atoms with van der Waals surface area (Å²) in [4.78, 5) is 30.1. The number of amides is 1. The van der Waals surface area contributed by atoms with Gasteiger partial charge in [0, 0.05) is 24.8 Å². The summed E-state index contributed by atoms with van der Waals surface area (Å²) in [5.74, 6) is -1.31. The van der Waals surface area contributed by atoms with Gasteiger partial charge in [0.15, 0.2) is 0 Å². The first-order valence-electron chi connectivity index (χ1n) is 7.32. The van der Waals surface area contributed by atoms with Gasteiger partial charge in [-0.25, -0.2) is 4.98 Å². The molecular weight excluding hydrogens is 316 g/mol. The molecule has 2 aromatic rings. The monoisotopic (exact) mass is 336 g/mol. The summed E-state index contributed by atoms with van der Waals surface area (Å²) in [7, 11) is 1.81. The molecule has 0 aliphatic heterocycles. The maximum absolute atomic E-state index is 12.8. The van der Waals surface area contributed by atoms with Crippen molar-refractivity contribution in [2.75, 3.05) is 6.54 Å². The van der Waals surface area contributed by atoms with Crippen LogP contribution in [0.5, 0.6) is 0 Å². The molecule has 1 atom stereocenters. The van der Waals surface area contributed by atoms with Gasteiger partial charge in [0.25, 0.3) is 5.91 Å². The molecule has 1 amide bonds. The minimum Gasteiger partial charge on any atom is -0.480 e. The van der Waals surface area contributed by atoms with Gasteiger partial charge in [-0.2, -0.15) is 5.10 Å². The standard InChI is InChI=1S/C15H20N4O3S/c1-5-9(2)19(8-12(20)21)15(22)13-10(3)17-14(23-13)11-6-16-18(4)7-11/h6-7,9H,5,8H2,1-4H3,(H,20,21). The van der Waals surface area contributed by atoms with Crippen LogP contribution >= 0.6 is 11.3 Å². The van der Waals surface area contributed by atoms with Gasteiger partial charge >= 0.3 is 5.97 Å². The van der Waals surface area contributed by atoms with Crippen LogP contribution in [0, 0.1) is 6.92 Å². The Hall–Kier alpha value is -2.22. The number of hydrogen-bond acceptors (Lipinski definition) is 5. The predicted octanol–water partition coefficient (Wildman–Crippen LogP) is 2.18. The summed E-state index contributed by atoms with van der Waals surface area (Å²) in [5, 5.41) is 13.9. The highest BCUT2D eigenvalue weighted by Gasteiger charge is 2.26. The number of carbonyl (C=O) groups is 2. The lowest BCUT2D eigenvalue weighted by molar-refractivity contribution is -0.138. The van der Waals surface area contributed by atoms with E-state index in [-0.39, 0.29) is 18.5 Å². The molecule has 8 heteroatoms. The van der Waals surface area contributed by atoms with E-state index in [2.05, 4.69) is 10.1 Å². The van der Waals surface area contributed by atoms with Crippen molar-refractivity contribution in [1.29, 1.82) is 0 Å². The maximum atomic E-state index is 12.8. The third kappa shape index (κ3) is 3.76. The lowest BCUT2D eigenvalue weighted by Crippen LogP contribution is -2.41. The van der Waals surface area contributed by atoms with Crippen molar-refractivity contribution in [1.82, 2.24) is 19.7 Å². The second-order valence-electron chi connectivity index (χ2n) is 5.42. The van der Waals surface area contributed by atoms with Crippen LogP contribution in [-0.2, 0) is 11.8 Å². The Morgan fingerprint density at radius 2 is 2.17 bits per heavy atom. The van der Waals surface area contributed by atoms with Crippen LogP contribution in [0.3, 0.4) is 0 Å². The number of carbonyl (C=O) groups excluding carboxylic acids is 1. The zero-order chi connectivity index (χ0) is 17.1. The molecular formula is C15H20N4O3S. The second kappa shape index (κ2) is 6.91. The van der Waals surface area contributed by atoms with E-state index in [0.29, 0.717) is 22.0 Å². The van der Waals surface area contributed by atoms with Gasteiger partial charge in [0.2, 0.25) is 0 Å². The molecule has 1 N–H and O–H groups in total. The van der Waals surface area contributed by atoms with Gasteiger partial charge in [0.1, 0.15) is 16.4 Å². The fourth-order valence-corrected chi connectivity index (χ4v) is 3.17. The van der Waals surface area contributed by atoms with Gasteiger partial charge in [-0.1, -0.05) is 6.92 Å². The van der Waals surface area contributed by atoms with E-state index in [0.717, 1.165) is 5.56 Å². The summed E-state index contributed by atoms with van der Waals surface area (Å²) in [5.41, 5.74) is 1.45. The average Bonchev–Trinajstić information content (AvgIpc) is 3.09. The molecule has 0 fully saturated rings. The van der Waals surface area contributed by atoms with Gasteiger partial charge in [-0.15, -0.1) is 11.3 Å². The van der Waals surface area contributed by atoms with E-state index in [1.54, 1.807) is 17.8 Å². The van der Waals surface area contributed by atoms with E-state index < -0.39 is 5.97 Å². The largest absolute Gasteiger partial charge is 0.480 e. The Bertz CT molecular complexity index is 722. The number of aromatic nitrogens is 3. The topological polar surface area (TPSA) is 88.3 Å². The lowest BCUT2D eigenvalue weighted by Gasteiger charge is -2.26. The van der Waals surface area contributed by atoms with Crippen molar-refractivity contribution < 1.29 is 14.7 Å². The highest BCUT2D eigenvalue weighted by atomic mass is 32.1. The van der Waals surface area contributed by atoms with Crippen molar-refractivity contribution in [2.45, 2.75) is 33.2 Å². The van der Waals surface area contributed by atoms with E-state index >= 15 is 0 Å². The van der Waals surface area contributed by atoms with E-state index in [4.69, 9.17) is 5.11 Å². The first-order chi connectivity index (χ1) is 10.8. The van der Waals surface area contributed by atoms with Crippen LogP contribution in [-0.4, -0.2) is 49.2 Å². The van der Waals surface area contributed by atoms with E-state index in [9.17, 15) is 9.59 Å². The molecule has 0 saturated carbocycles. The van der Waals surface area contributed by atoms with Crippen molar-refractivity contribution in [3.8, 4) is 10.6 Å². The predicted molar refractivity (Wildman–Crippen MR) is 87.5 cm³/mol. The first kappa shape index (κ1) is 17.1. The fraction of sp³-hybridized carbons (Fsp3) is 0.467. The molecule has 0 aliphatic carbocycles. The smallest absolute Gasteiger partial charge is 0.323 e. The summed E-state index contributed by atoms with van der Waals surface area (Å²) in [6, 6.07) is -0.151. The molecule has 0 radical (unpaired) electrons. The first-order valence-corrected chi connectivity index (χ1v) is 8.14. The highest BCUT2D eigenvalue weighted by Crippen LogP contribution is 2.29. The van der Waals surface area contributed by atoms with Crippen molar-refractivity contribution >= 4 is 23.2 Å². The maximum Gasteiger partial charge on any atom is 0.323 e. The average molecular weight is 336 g/mol. The normalized spacial score (nSPS) is 12.2. The fourth-order valence-electron chi connectivity index (χ4n) is 2.17. The zero-order valence-electron chi connectivity index (χ0n) is 13.6. The number of thiazole rings is 1. The Morgan fingerprint density at radius 1 is 1.48 bits per heavy atom. The van der Waals surface area contributed by atoms with Gasteiger partial charge < -0.3 is 10.0 Å². The van der Waals surface area contributed by atoms with Crippen molar-refractivity contribution in [3.63, 3.8) is 0 Å². The van der Waals surface area contributed by atoms with Crippen LogP contribution in [0.1, 0.15) is 35.6 Å². The Balaban J connectivity index is 2.34. The van der Waals surface area contributed by atoms with E-state index in [1.165, 1.54) is 16.2 Å². The number of aliphatic carboxylic acids is 1. The molecule has 0 saturated heterocycles. The van der Waals surface area contributed by atoms with Gasteiger partial charge in [-0.05, 0) is 20.3 Å². The molecule has 7 nitrogen and oxygen atoms in total. The summed E-state index contributed by atoms with van der Waals surface area (Å²) in [6.45, 7) is 5.22. The van der Waals surface area contributed by atoms with E-state index in [1.807, 2.05) is 27.1 Å². The minimum atomic E-state index is -1.02. The van der Waals surface area contributed by atoms with Crippen LogP contribution in [0.2, 0.25) is 0 Å².